The maximum Gasteiger partial charge on any atom is 0.317 e. The highest BCUT2D eigenvalue weighted by atomic mass is 16.5. The van der Waals surface area contributed by atoms with Gasteiger partial charge in [0.2, 0.25) is 0 Å². The van der Waals surface area contributed by atoms with Gasteiger partial charge in [-0.05, 0) is 12.8 Å². The van der Waals surface area contributed by atoms with Gasteiger partial charge in [0.15, 0.2) is 0 Å². The summed E-state index contributed by atoms with van der Waals surface area (Å²) in [4.78, 5) is 13.4. The Morgan fingerprint density at radius 2 is 2.14 bits per heavy atom. The van der Waals surface area contributed by atoms with Gasteiger partial charge in [-0.25, -0.2) is 4.79 Å². The first-order valence-electron chi connectivity index (χ1n) is 7.50. The molecule has 1 saturated heterocycles. The SMILES string of the molecule is CNC(=O)N1CCC(C(=N)c2cccc(COC)c2N)CC1. The Kier molecular flexibility index (Phi) is 5.38. The molecule has 120 valence electrons. The smallest absolute Gasteiger partial charge is 0.317 e. The lowest BCUT2D eigenvalue weighted by Crippen LogP contribution is -2.44. The van der Waals surface area contributed by atoms with Crippen LogP contribution in [-0.2, 0) is 11.3 Å². The summed E-state index contributed by atoms with van der Waals surface area (Å²) < 4.78 is 5.14. The summed E-state index contributed by atoms with van der Waals surface area (Å²) in [5.41, 5.74) is 9.06. The number of para-hydroxylation sites is 1. The topological polar surface area (TPSA) is 91.4 Å². The second-order valence-corrected chi connectivity index (χ2v) is 5.54. The van der Waals surface area contributed by atoms with Gasteiger partial charge in [0.1, 0.15) is 0 Å². The summed E-state index contributed by atoms with van der Waals surface area (Å²) in [5, 5.41) is 11.1. The molecule has 4 N–H and O–H groups in total. The van der Waals surface area contributed by atoms with Crippen molar-refractivity contribution in [1.29, 1.82) is 5.41 Å². The quantitative estimate of drug-likeness (QED) is 0.585. The third-order valence-electron chi connectivity index (χ3n) is 4.19. The average molecular weight is 304 g/mol. The number of amides is 2. The minimum atomic E-state index is -0.0495. The van der Waals surface area contributed by atoms with Crippen LogP contribution in [-0.4, -0.2) is 43.9 Å². The normalized spacial score (nSPS) is 15.6. The minimum Gasteiger partial charge on any atom is -0.398 e. The molecule has 0 radical (unpaired) electrons. The number of ether oxygens (including phenoxy) is 1. The molecule has 2 rings (SSSR count). The molecule has 1 aliphatic rings. The Morgan fingerprint density at radius 1 is 1.45 bits per heavy atom. The highest BCUT2D eigenvalue weighted by Gasteiger charge is 2.26. The number of nitrogens with zero attached hydrogens (tertiary/aromatic N) is 1. The number of nitrogen functional groups attached to an aromatic ring is 1. The first-order valence-corrected chi connectivity index (χ1v) is 7.50. The van der Waals surface area contributed by atoms with E-state index in [9.17, 15) is 4.79 Å². The van der Waals surface area contributed by atoms with E-state index < -0.39 is 0 Å². The third kappa shape index (κ3) is 3.39. The third-order valence-corrected chi connectivity index (χ3v) is 4.19. The summed E-state index contributed by atoms with van der Waals surface area (Å²) in [6.45, 7) is 1.79. The molecule has 0 aromatic heterocycles. The van der Waals surface area contributed by atoms with Gasteiger partial charge in [0.05, 0.1) is 6.61 Å². The van der Waals surface area contributed by atoms with Crippen molar-refractivity contribution in [2.75, 3.05) is 33.0 Å². The van der Waals surface area contributed by atoms with E-state index in [1.165, 1.54) is 0 Å². The molecule has 0 bridgehead atoms. The van der Waals surface area contributed by atoms with Gasteiger partial charge in [0.25, 0.3) is 0 Å². The molecule has 1 aromatic carbocycles. The second kappa shape index (κ2) is 7.26. The number of methoxy groups -OCH3 is 1. The predicted molar refractivity (Wildman–Crippen MR) is 87.1 cm³/mol. The van der Waals surface area contributed by atoms with Crippen LogP contribution in [0.15, 0.2) is 18.2 Å². The number of hydrogen-bond donors (Lipinski definition) is 3. The van der Waals surface area contributed by atoms with Crippen molar-refractivity contribution in [3.63, 3.8) is 0 Å². The fraction of sp³-hybridized carbons (Fsp3) is 0.500. The van der Waals surface area contributed by atoms with E-state index in [1.54, 1.807) is 19.1 Å². The van der Waals surface area contributed by atoms with Crippen LogP contribution in [0.3, 0.4) is 0 Å². The number of nitrogens with two attached hydrogens (primary N) is 1. The molecule has 1 fully saturated rings. The average Bonchev–Trinajstić information content (AvgIpc) is 2.56. The molecule has 0 spiro atoms. The van der Waals surface area contributed by atoms with Gasteiger partial charge in [-0.2, -0.15) is 0 Å². The van der Waals surface area contributed by atoms with Gasteiger partial charge in [-0.1, -0.05) is 18.2 Å². The molecule has 2 amide bonds. The van der Waals surface area contributed by atoms with Crippen LogP contribution in [0.1, 0.15) is 24.0 Å². The van der Waals surface area contributed by atoms with E-state index in [-0.39, 0.29) is 11.9 Å². The van der Waals surface area contributed by atoms with Crippen molar-refractivity contribution < 1.29 is 9.53 Å². The number of likely N-dealkylation sites (tertiary alicyclic amines) is 1. The zero-order valence-electron chi connectivity index (χ0n) is 13.2. The summed E-state index contributed by atoms with van der Waals surface area (Å²) in [5.74, 6) is 0.140. The standard InChI is InChI=1S/C16H24N4O2/c1-19-16(21)20-8-6-11(7-9-20)14(17)13-5-3-4-12(10-22-2)15(13)18/h3-5,11,17H,6-10,18H2,1-2H3,(H,19,21). The molecule has 22 heavy (non-hydrogen) atoms. The van der Waals surface area contributed by atoms with Crippen LogP contribution in [0.2, 0.25) is 0 Å². The lowest BCUT2D eigenvalue weighted by molar-refractivity contribution is 0.182. The number of rotatable bonds is 4. The summed E-state index contributed by atoms with van der Waals surface area (Å²) in [7, 11) is 3.27. The van der Waals surface area contributed by atoms with Crippen molar-refractivity contribution >= 4 is 17.4 Å². The van der Waals surface area contributed by atoms with Crippen molar-refractivity contribution in [2.24, 2.45) is 5.92 Å². The van der Waals surface area contributed by atoms with Crippen LogP contribution in [0, 0.1) is 11.3 Å². The summed E-state index contributed by atoms with van der Waals surface area (Å²) in [6, 6.07) is 5.67. The van der Waals surface area contributed by atoms with E-state index in [4.69, 9.17) is 15.9 Å². The first kappa shape index (κ1) is 16.3. The van der Waals surface area contributed by atoms with Gasteiger partial charge in [-0.3, -0.25) is 0 Å². The molecule has 1 aliphatic heterocycles. The van der Waals surface area contributed by atoms with Gasteiger partial charge in [-0.15, -0.1) is 0 Å². The Hall–Kier alpha value is -2.08. The Balaban J connectivity index is 2.07. The van der Waals surface area contributed by atoms with Crippen LogP contribution < -0.4 is 11.1 Å². The summed E-state index contributed by atoms with van der Waals surface area (Å²) in [6.07, 6.45) is 1.58. The molecule has 0 atom stereocenters. The number of anilines is 1. The highest BCUT2D eigenvalue weighted by molar-refractivity contribution is 6.04. The van der Waals surface area contributed by atoms with Crippen molar-refractivity contribution in [1.82, 2.24) is 10.2 Å². The number of carbonyl (C=O) groups excluding carboxylic acids is 1. The number of urea groups is 1. The Morgan fingerprint density at radius 3 is 2.73 bits per heavy atom. The second-order valence-electron chi connectivity index (χ2n) is 5.54. The number of benzene rings is 1. The molecule has 0 unspecified atom stereocenters. The molecule has 0 saturated carbocycles. The number of hydrogen-bond acceptors (Lipinski definition) is 4. The highest BCUT2D eigenvalue weighted by Crippen LogP contribution is 2.26. The maximum absolute atomic E-state index is 11.6. The zero-order valence-corrected chi connectivity index (χ0v) is 13.2. The van der Waals surface area contributed by atoms with Crippen LogP contribution in [0.4, 0.5) is 10.5 Å². The van der Waals surface area contributed by atoms with E-state index >= 15 is 0 Å². The number of piperidine rings is 1. The number of nitrogens with one attached hydrogen (secondary N) is 2. The predicted octanol–water partition coefficient (Wildman–Crippen LogP) is 1.83. The van der Waals surface area contributed by atoms with Gasteiger partial charge < -0.3 is 26.1 Å². The molecule has 6 nitrogen and oxygen atoms in total. The summed E-state index contributed by atoms with van der Waals surface area (Å²) >= 11 is 0. The van der Waals surface area contributed by atoms with Crippen LogP contribution in [0.25, 0.3) is 0 Å². The zero-order chi connectivity index (χ0) is 16.1. The number of carbonyl (C=O) groups is 1. The first-order chi connectivity index (χ1) is 10.6. The van der Waals surface area contributed by atoms with E-state index in [0.717, 1.165) is 24.0 Å². The molecule has 1 aromatic rings. The van der Waals surface area contributed by atoms with Crippen LogP contribution >= 0.6 is 0 Å². The van der Waals surface area contributed by atoms with Gasteiger partial charge >= 0.3 is 6.03 Å². The maximum atomic E-state index is 11.6. The lowest BCUT2D eigenvalue weighted by Gasteiger charge is -2.32. The Bertz CT molecular complexity index is 551. The fourth-order valence-corrected chi connectivity index (χ4v) is 2.88. The molecular formula is C16H24N4O2. The lowest BCUT2D eigenvalue weighted by atomic mass is 9.87. The van der Waals surface area contributed by atoms with Crippen molar-refractivity contribution in [3.8, 4) is 0 Å². The largest absolute Gasteiger partial charge is 0.398 e. The monoisotopic (exact) mass is 304 g/mol. The van der Waals surface area contributed by atoms with Crippen LogP contribution in [0.5, 0.6) is 0 Å². The minimum absolute atomic E-state index is 0.0495. The molecular weight excluding hydrogens is 280 g/mol. The van der Waals surface area contributed by atoms with Crippen molar-refractivity contribution in [2.45, 2.75) is 19.4 Å². The van der Waals surface area contributed by atoms with E-state index in [1.807, 2.05) is 18.2 Å². The van der Waals surface area contributed by atoms with E-state index in [0.29, 0.717) is 31.1 Å². The Labute approximate surface area is 131 Å². The fourth-order valence-electron chi connectivity index (χ4n) is 2.88. The van der Waals surface area contributed by atoms with Crippen molar-refractivity contribution in [3.05, 3.63) is 29.3 Å². The molecule has 6 heteroatoms. The van der Waals surface area contributed by atoms with E-state index in [2.05, 4.69) is 5.32 Å². The molecule has 1 heterocycles. The van der Waals surface area contributed by atoms with Gasteiger partial charge in [0, 0.05) is 55.7 Å². The molecule has 0 aliphatic carbocycles.